The molecule has 3 aromatic carbocycles. The van der Waals surface area contributed by atoms with Gasteiger partial charge in [0.05, 0.1) is 11.6 Å². The number of aliphatic carboxylic acids is 1. The van der Waals surface area contributed by atoms with Crippen molar-refractivity contribution < 1.29 is 29.7 Å². The van der Waals surface area contributed by atoms with Crippen LogP contribution in [0.3, 0.4) is 0 Å². The van der Waals surface area contributed by atoms with E-state index < -0.39 is 23.5 Å². The molecule has 0 bridgehead atoms. The fraction of sp³-hybridized carbons (Fsp3) is 0.273. The van der Waals surface area contributed by atoms with Gasteiger partial charge in [0.1, 0.15) is 5.75 Å². The summed E-state index contributed by atoms with van der Waals surface area (Å²) in [6, 6.07) is 19.3. The number of fused-ring (bicyclic) bond motifs is 2. The largest absolute Gasteiger partial charge is 0.506 e. The number of pyridine rings is 1. The monoisotopic (exact) mass is 598 g/mol. The molecule has 1 aliphatic rings. The summed E-state index contributed by atoms with van der Waals surface area (Å²) in [5.74, 6) is -2.11. The number of benzene rings is 3. The molecular weight excluding hydrogens is 564 g/mol. The van der Waals surface area contributed by atoms with Gasteiger partial charge >= 0.3 is 5.97 Å². The Morgan fingerprint density at radius 3 is 2.45 bits per heavy atom. The molecule has 2 unspecified atom stereocenters. The summed E-state index contributed by atoms with van der Waals surface area (Å²) in [5, 5.41) is 40.0. The molecule has 11 nitrogen and oxygen atoms in total. The zero-order valence-electron chi connectivity index (χ0n) is 23.9. The number of carboxylic acid groups (broad SMARTS) is 1. The minimum atomic E-state index is -1.52. The third-order valence-electron chi connectivity index (χ3n) is 7.99. The van der Waals surface area contributed by atoms with Crippen LogP contribution in [0.1, 0.15) is 62.8 Å². The molecule has 5 rings (SSSR count). The van der Waals surface area contributed by atoms with Gasteiger partial charge < -0.3 is 36.3 Å². The number of H-pyrrole nitrogens is 1. The van der Waals surface area contributed by atoms with Crippen LogP contribution in [0, 0.1) is 0 Å². The number of amides is 2. The minimum absolute atomic E-state index is 0.0690. The number of carbonyl (C=O) groups is 3. The Morgan fingerprint density at radius 1 is 0.909 bits per heavy atom. The molecule has 7 N–H and O–H groups in total. The van der Waals surface area contributed by atoms with Gasteiger partial charge in [-0.15, -0.1) is 0 Å². The zero-order valence-corrected chi connectivity index (χ0v) is 23.9. The van der Waals surface area contributed by atoms with Crippen molar-refractivity contribution in [2.45, 2.75) is 37.3 Å². The third kappa shape index (κ3) is 6.34. The van der Waals surface area contributed by atoms with Gasteiger partial charge in [-0.2, -0.15) is 0 Å². The van der Waals surface area contributed by atoms with Gasteiger partial charge in [0.25, 0.3) is 11.8 Å². The second-order valence-corrected chi connectivity index (χ2v) is 10.9. The summed E-state index contributed by atoms with van der Waals surface area (Å²) in [6.45, 7) is 1.24. The highest BCUT2D eigenvalue weighted by Crippen LogP contribution is 2.37. The lowest BCUT2D eigenvalue weighted by molar-refractivity contribution is -0.144. The lowest BCUT2D eigenvalue weighted by atomic mass is 9.91. The second kappa shape index (κ2) is 13.1. The van der Waals surface area contributed by atoms with Crippen molar-refractivity contribution in [3.05, 3.63) is 111 Å². The number of phenols is 1. The summed E-state index contributed by atoms with van der Waals surface area (Å²) in [5.41, 5.74) is 0.937. The van der Waals surface area contributed by atoms with Crippen LogP contribution in [0.5, 0.6) is 5.75 Å². The fourth-order valence-electron chi connectivity index (χ4n) is 5.66. The minimum Gasteiger partial charge on any atom is -0.506 e. The van der Waals surface area contributed by atoms with Gasteiger partial charge in [-0.25, -0.2) is 4.79 Å². The normalized spacial score (nSPS) is 16.3. The highest BCUT2D eigenvalue weighted by molar-refractivity contribution is 6.01. The number of aliphatic hydroxyl groups excluding tert-OH is 1. The van der Waals surface area contributed by atoms with Crippen molar-refractivity contribution in [3.8, 4) is 5.75 Å². The average Bonchev–Trinajstić information content (AvgIpc) is 3.40. The molecule has 0 spiro atoms. The predicted molar refractivity (Wildman–Crippen MR) is 164 cm³/mol. The summed E-state index contributed by atoms with van der Waals surface area (Å²) >= 11 is 0. The van der Waals surface area contributed by atoms with Gasteiger partial charge in [-0.05, 0) is 79.3 Å². The molecule has 44 heavy (non-hydrogen) atoms. The highest BCUT2D eigenvalue weighted by atomic mass is 16.4. The van der Waals surface area contributed by atoms with Gasteiger partial charge in [-0.1, -0.05) is 36.4 Å². The number of aryl methyl sites for hydroxylation is 1. The molecule has 0 saturated carbocycles. The van der Waals surface area contributed by atoms with Crippen LogP contribution in [-0.2, 0) is 16.8 Å². The van der Waals surface area contributed by atoms with Crippen molar-refractivity contribution in [1.82, 2.24) is 20.9 Å². The third-order valence-corrected chi connectivity index (χ3v) is 7.99. The Bertz CT molecular complexity index is 1770. The molecule has 228 valence electrons. The summed E-state index contributed by atoms with van der Waals surface area (Å²) in [7, 11) is 0. The Morgan fingerprint density at radius 2 is 1.66 bits per heavy atom. The average molecular weight is 599 g/mol. The number of hydrogen-bond donors (Lipinski definition) is 7. The molecule has 4 aromatic rings. The molecule has 2 amide bonds. The van der Waals surface area contributed by atoms with Crippen LogP contribution in [0.2, 0.25) is 0 Å². The zero-order chi connectivity index (χ0) is 31.3. The van der Waals surface area contributed by atoms with Crippen LogP contribution < -0.4 is 21.5 Å². The van der Waals surface area contributed by atoms with Crippen molar-refractivity contribution >= 4 is 28.7 Å². The lowest BCUT2D eigenvalue weighted by Crippen LogP contribution is -2.50. The molecule has 1 heterocycles. The van der Waals surface area contributed by atoms with E-state index in [-0.39, 0.29) is 46.8 Å². The predicted octanol–water partition coefficient (Wildman–Crippen LogP) is 2.72. The van der Waals surface area contributed by atoms with E-state index in [1.54, 1.807) is 42.5 Å². The Hall–Kier alpha value is -5.00. The van der Waals surface area contributed by atoms with Crippen LogP contribution in [0.25, 0.3) is 10.9 Å². The molecule has 0 aliphatic heterocycles. The van der Waals surface area contributed by atoms with Gasteiger partial charge in [0.15, 0.2) is 5.54 Å². The number of rotatable bonds is 12. The number of carbonyl (C=O) groups excluding carboxylic acids is 2. The quantitative estimate of drug-likeness (QED) is 0.122. The number of aromatic amines is 1. The van der Waals surface area contributed by atoms with E-state index in [0.717, 1.165) is 12.0 Å². The molecule has 0 saturated heterocycles. The molecule has 11 heteroatoms. The van der Waals surface area contributed by atoms with Crippen LogP contribution in [-0.4, -0.2) is 57.7 Å². The smallest absolute Gasteiger partial charge is 0.334 e. The Kier molecular flexibility index (Phi) is 9.07. The number of carboxylic acids is 1. The number of unbranched alkanes of at least 4 members (excludes halogenated alkanes) is 1. The van der Waals surface area contributed by atoms with E-state index in [1.807, 2.05) is 12.1 Å². The molecule has 0 fully saturated rings. The van der Waals surface area contributed by atoms with E-state index >= 15 is 0 Å². The van der Waals surface area contributed by atoms with Crippen molar-refractivity contribution in [2.75, 3.05) is 19.6 Å². The molecule has 1 aromatic heterocycles. The van der Waals surface area contributed by atoms with E-state index in [2.05, 4.69) is 20.9 Å². The van der Waals surface area contributed by atoms with Gasteiger partial charge in [0.2, 0.25) is 5.56 Å². The first kappa shape index (κ1) is 30.5. The molecular formula is C33H34N4O7. The number of hydrogen-bond acceptors (Lipinski definition) is 7. The maximum Gasteiger partial charge on any atom is 0.334 e. The number of aromatic hydroxyl groups is 1. The second-order valence-electron chi connectivity index (χ2n) is 10.9. The van der Waals surface area contributed by atoms with Crippen LogP contribution in [0.15, 0.2) is 77.6 Å². The van der Waals surface area contributed by atoms with Gasteiger partial charge in [-0.3, -0.25) is 14.4 Å². The first-order chi connectivity index (χ1) is 21.2. The maximum atomic E-state index is 13.1. The SMILES string of the molecule is O=C(NCCCCNCC(O)c1ccc(O)c2[nH]c(=O)ccc12)c1cccc(C(=O)NC2(C(=O)O)CCc3ccccc32)c1. The summed E-state index contributed by atoms with van der Waals surface area (Å²) < 4.78 is 0. The lowest BCUT2D eigenvalue weighted by Gasteiger charge is -2.27. The summed E-state index contributed by atoms with van der Waals surface area (Å²) in [4.78, 5) is 52.4. The van der Waals surface area contributed by atoms with Crippen molar-refractivity contribution in [1.29, 1.82) is 0 Å². The Balaban J connectivity index is 1.08. The molecule has 2 atom stereocenters. The van der Waals surface area contributed by atoms with E-state index in [4.69, 9.17) is 0 Å². The Labute approximate surface area is 252 Å². The molecule has 1 aliphatic carbocycles. The van der Waals surface area contributed by atoms with Crippen LogP contribution in [0.4, 0.5) is 0 Å². The van der Waals surface area contributed by atoms with Crippen molar-refractivity contribution in [2.24, 2.45) is 0 Å². The number of aromatic nitrogens is 1. The summed E-state index contributed by atoms with van der Waals surface area (Å²) in [6.07, 6.45) is 1.32. The van der Waals surface area contributed by atoms with E-state index in [1.165, 1.54) is 18.2 Å². The van der Waals surface area contributed by atoms with E-state index in [9.17, 15) is 34.5 Å². The highest BCUT2D eigenvalue weighted by Gasteiger charge is 2.46. The standard InChI is InChI=1S/C33H34N4O7/c38-26-12-10-23(24-11-13-28(40)36-29(24)26)27(39)19-34-16-3-4-17-35-30(41)21-7-5-8-22(18-21)31(42)37-33(32(43)44)15-14-20-6-1-2-9-25(20)33/h1-2,5-13,18,27,34,38-39H,3-4,14-17,19H2,(H,35,41)(H,36,40)(H,37,42)(H,43,44). The number of aliphatic hydroxyl groups is 1. The number of nitrogens with one attached hydrogen (secondary N) is 4. The topological polar surface area (TPSA) is 181 Å². The van der Waals surface area contributed by atoms with Crippen LogP contribution >= 0.6 is 0 Å². The first-order valence-electron chi connectivity index (χ1n) is 14.5. The van der Waals surface area contributed by atoms with Gasteiger partial charge in [0, 0.05) is 35.7 Å². The number of phenolic OH excluding ortho intramolecular Hbond substituents is 1. The van der Waals surface area contributed by atoms with Crippen molar-refractivity contribution in [3.63, 3.8) is 0 Å². The van der Waals surface area contributed by atoms with E-state index in [0.29, 0.717) is 42.4 Å². The fourth-order valence-corrected chi connectivity index (χ4v) is 5.66. The maximum absolute atomic E-state index is 13.1. The first-order valence-corrected chi connectivity index (χ1v) is 14.5. The molecule has 0 radical (unpaired) electrons.